The van der Waals surface area contributed by atoms with Crippen molar-refractivity contribution >= 4 is 17.8 Å². The molecule has 0 aliphatic carbocycles. The van der Waals surface area contributed by atoms with Gasteiger partial charge < -0.3 is 20.2 Å². The number of nitrogens with zero attached hydrogens (tertiary/aromatic N) is 8. The molecule has 13 nitrogen and oxygen atoms in total. The van der Waals surface area contributed by atoms with Crippen LogP contribution in [-0.4, -0.2) is 94.8 Å². The minimum Gasteiger partial charge on any atom is -0.508 e. The van der Waals surface area contributed by atoms with Crippen molar-refractivity contribution in [3.8, 4) is 11.4 Å². The Labute approximate surface area is 259 Å². The molecule has 3 heterocycles. The maximum atomic E-state index is 14.3. The zero-order valence-corrected chi connectivity index (χ0v) is 24.5. The van der Waals surface area contributed by atoms with Crippen LogP contribution in [0.4, 0.5) is 4.79 Å². The minimum absolute atomic E-state index is 0.0764. The lowest BCUT2D eigenvalue weighted by atomic mass is 9.98. The number of hydrogen-bond donors (Lipinski definition) is 2. The first kappa shape index (κ1) is 29.5. The fourth-order valence-electron chi connectivity index (χ4n) is 5.90. The number of carbonyl (C=O) groups excluding carboxylic acids is 3. The number of fused-ring (bicyclic) bond motifs is 1. The number of rotatable bonds is 9. The van der Waals surface area contributed by atoms with Crippen LogP contribution in [0.15, 0.2) is 97.8 Å². The molecule has 2 aliphatic heterocycles. The molecular formula is C32H33N9O4. The van der Waals surface area contributed by atoms with Crippen molar-refractivity contribution in [1.82, 2.24) is 45.3 Å². The van der Waals surface area contributed by atoms with E-state index in [0.29, 0.717) is 5.69 Å². The van der Waals surface area contributed by atoms with E-state index in [-0.39, 0.29) is 56.7 Å². The van der Waals surface area contributed by atoms with Crippen LogP contribution in [0.5, 0.6) is 5.75 Å². The van der Waals surface area contributed by atoms with E-state index >= 15 is 0 Å². The lowest BCUT2D eigenvalue weighted by Crippen LogP contribution is -2.76. The van der Waals surface area contributed by atoms with Crippen molar-refractivity contribution < 1.29 is 19.5 Å². The Kier molecular flexibility index (Phi) is 8.51. The second-order valence-electron chi connectivity index (χ2n) is 10.9. The van der Waals surface area contributed by atoms with Crippen molar-refractivity contribution in [3.63, 3.8) is 0 Å². The molecule has 0 saturated carbocycles. The Bertz CT molecular complexity index is 1660. The zero-order chi connectivity index (χ0) is 31.3. The number of phenols is 1. The molecule has 0 radical (unpaired) electrons. The van der Waals surface area contributed by atoms with Gasteiger partial charge in [-0.25, -0.2) is 19.5 Å². The first-order valence-electron chi connectivity index (χ1n) is 14.6. The first-order valence-corrected chi connectivity index (χ1v) is 14.6. The van der Waals surface area contributed by atoms with Gasteiger partial charge in [-0.1, -0.05) is 66.7 Å². The van der Waals surface area contributed by atoms with Crippen molar-refractivity contribution in [2.24, 2.45) is 0 Å². The van der Waals surface area contributed by atoms with E-state index < -0.39 is 18.2 Å². The highest BCUT2D eigenvalue weighted by molar-refractivity contribution is 5.91. The number of urea groups is 1. The summed E-state index contributed by atoms with van der Waals surface area (Å²) in [6, 6.07) is 22.3. The van der Waals surface area contributed by atoms with Gasteiger partial charge in [0, 0.05) is 26.1 Å². The van der Waals surface area contributed by atoms with Crippen LogP contribution < -0.4 is 5.32 Å². The monoisotopic (exact) mass is 607 g/mol. The quantitative estimate of drug-likeness (QED) is 0.276. The molecule has 0 unspecified atom stereocenters. The van der Waals surface area contributed by atoms with E-state index in [9.17, 15) is 19.5 Å². The van der Waals surface area contributed by atoms with E-state index in [4.69, 9.17) is 0 Å². The number of hydrogen-bond acceptors (Lipinski definition) is 8. The van der Waals surface area contributed by atoms with Gasteiger partial charge in [0.05, 0.1) is 18.8 Å². The van der Waals surface area contributed by atoms with Crippen molar-refractivity contribution in [3.05, 3.63) is 115 Å². The second kappa shape index (κ2) is 13.0. The van der Waals surface area contributed by atoms with Gasteiger partial charge >= 0.3 is 6.03 Å². The van der Waals surface area contributed by atoms with Gasteiger partial charge in [-0.15, -0.1) is 11.7 Å². The summed E-state index contributed by atoms with van der Waals surface area (Å²) >= 11 is 0. The van der Waals surface area contributed by atoms with Crippen molar-refractivity contribution in [2.45, 2.75) is 31.7 Å². The molecule has 1 aromatic heterocycles. The van der Waals surface area contributed by atoms with Crippen LogP contribution in [0, 0.1) is 0 Å². The molecule has 4 aromatic rings. The minimum atomic E-state index is -0.892. The number of aromatic hydroxyl groups is 1. The number of carbonyl (C=O) groups is 3. The van der Waals surface area contributed by atoms with E-state index in [1.165, 1.54) is 11.0 Å². The molecule has 45 heavy (non-hydrogen) atoms. The molecule has 0 bridgehead atoms. The molecule has 6 rings (SSSR count). The Balaban J connectivity index is 1.36. The lowest BCUT2D eigenvalue weighted by Gasteiger charge is -2.55. The molecule has 4 amide bonds. The lowest BCUT2D eigenvalue weighted by molar-refractivity contribution is -0.189. The SMILES string of the molecule is C=CCN1CC(=O)N2[C@@H](Cc3ccc(O)cc3)C(=O)N(Cc3ccccc3-n3cnnn3)C[C@@H]2N1C(=O)NCc1ccccc1. The number of aromatic nitrogens is 4. The third-order valence-corrected chi connectivity index (χ3v) is 7.98. The Morgan fingerprint density at radius 2 is 1.76 bits per heavy atom. The Morgan fingerprint density at radius 3 is 2.49 bits per heavy atom. The van der Waals surface area contributed by atoms with Crippen LogP contribution in [0.25, 0.3) is 5.69 Å². The molecule has 0 spiro atoms. The standard InChI is InChI=1S/C32H33N9O4/c1-2-16-38-21-30(43)40-28(17-23-12-14-26(42)15-13-23)31(44)37(19-25-10-6-7-11-27(25)39-22-34-35-36-39)20-29(40)41(38)32(45)33-18-24-8-4-3-5-9-24/h2-15,22,28-29,42H,1,16-21H2,(H,33,45)/t28-,29-/m0/s1. The summed E-state index contributed by atoms with van der Waals surface area (Å²) < 4.78 is 1.53. The fraction of sp³-hybridized carbons (Fsp3) is 0.250. The van der Waals surface area contributed by atoms with Gasteiger partial charge in [0.15, 0.2) is 0 Å². The highest BCUT2D eigenvalue weighted by Gasteiger charge is 2.51. The molecule has 3 aromatic carbocycles. The van der Waals surface area contributed by atoms with Crippen molar-refractivity contribution in [2.75, 3.05) is 19.6 Å². The van der Waals surface area contributed by atoms with Crippen LogP contribution in [0.1, 0.15) is 16.7 Å². The van der Waals surface area contributed by atoms with E-state index in [1.807, 2.05) is 54.6 Å². The molecular weight excluding hydrogens is 574 g/mol. The summed E-state index contributed by atoms with van der Waals surface area (Å²) in [6.45, 7) is 4.56. The average molecular weight is 608 g/mol. The van der Waals surface area contributed by atoms with E-state index in [2.05, 4.69) is 27.4 Å². The molecule has 2 aliphatic rings. The number of piperazine rings is 1. The summed E-state index contributed by atoms with van der Waals surface area (Å²) in [5.41, 5.74) is 3.19. The maximum absolute atomic E-state index is 14.3. The van der Waals surface area contributed by atoms with Gasteiger partial charge in [0.2, 0.25) is 11.8 Å². The normalized spacial score (nSPS) is 18.5. The number of para-hydroxylation sites is 1. The highest BCUT2D eigenvalue weighted by atomic mass is 16.3. The third-order valence-electron chi connectivity index (χ3n) is 7.98. The number of benzene rings is 3. The predicted octanol–water partition coefficient (Wildman–Crippen LogP) is 2.10. The van der Waals surface area contributed by atoms with E-state index in [0.717, 1.165) is 16.7 Å². The molecule has 2 N–H and O–H groups in total. The van der Waals surface area contributed by atoms with Gasteiger partial charge in [-0.2, -0.15) is 0 Å². The first-order chi connectivity index (χ1) is 21.9. The Morgan fingerprint density at radius 1 is 1.00 bits per heavy atom. The maximum Gasteiger partial charge on any atom is 0.334 e. The summed E-state index contributed by atoms with van der Waals surface area (Å²) in [5, 5.41) is 27.6. The zero-order valence-electron chi connectivity index (χ0n) is 24.5. The summed E-state index contributed by atoms with van der Waals surface area (Å²) in [7, 11) is 0. The Hall–Kier alpha value is -5.56. The molecule has 230 valence electrons. The predicted molar refractivity (Wildman–Crippen MR) is 163 cm³/mol. The molecule has 2 fully saturated rings. The van der Waals surface area contributed by atoms with Gasteiger partial charge in [0.25, 0.3) is 0 Å². The number of hydrazine groups is 1. The second-order valence-corrected chi connectivity index (χ2v) is 10.9. The average Bonchev–Trinajstić information content (AvgIpc) is 3.59. The number of nitrogens with one attached hydrogen (secondary N) is 1. The van der Waals surface area contributed by atoms with Crippen LogP contribution >= 0.6 is 0 Å². The highest BCUT2D eigenvalue weighted by Crippen LogP contribution is 2.30. The smallest absolute Gasteiger partial charge is 0.334 e. The van der Waals surface area contributed by atoms with E-state index in [1.54, 1.807) is 50.2 Å². The molecule has 2 saturated heterocycles. The van der Waals surface area contributed by atoms with Gasteiger partial charge in [0.1, 0.15) is 24.3 Å². The van der Waals surface area contributed by atoms with Crippen molar-refractivity contribution in [1.29, 1.82) is 0 Å². The fourth-order valence-corrected chi connectivity index (χ4v) is 5.90. The summed E-state index contributed by atoms with van der Waals surface area (Å²) in [4.78, 5) is 45.2. The number of phenolic OH excluding ortho intramolecular Hbond substituents is 1. The number of tetrazole rings is 1. The topological polar surface area (TPSA) is 140 Å². The molecule has 13 heteroatoms. The van der Waals surface area contributed by atoms with Gasteiger partial charge in [-0.05, 0) is 45.3 Å². The van der Waals surface area contributed by atoms with Gasteiger partial charge in [-0.3, -0.25) is 9.59 Å². The van der Waals surface area contributed by atoms with Crippen LogP contribution in [-0.2, 0) is 29.1 Å². The largest absolute Gasteiger partial charge is 0.508 e. The third kappa shape index (κ3) is 6.24. The van der Waals surface area contributed by atoms with Crippen LogP contribution in [0.3, 0.4) is 0 Å². The summed E-state index contributed by atoms with van der Waals surface area (Å²) in [5.74, 6) is -0.413. The van der Waals surface area contributed by atoms with Crippen LogP contribution in [0.2, 0.25) is 0 Å². The number of amides is 4. The summed E-state index contributed by atoms with van der Waals surface area (Å²) in [6.07, 6.45) is 2.54. The molecule has 2 atom stereocenters.